The topological polar surface area (TPSA) is 70.0 Å². The van der Waals surface area contributed by atoms with Crippen LogP contribution in [0.4, 0.5) is 0 Å². The zero-order valence-electron chi connectivity index (χ0n) is 7.64. The van der Waals surface area contributed by atoms with Gasteiger partial charge in [0.2, 0.25) is 5.91 Å². The van der Waals surface area contributed by atoms with Crippen LogP contribution in [0.2, 0.25) is 0 Å². The van der Waals surface area contributed by atoms with Gasteiger partial charge in [0.1, 0.15) is 0 Å². The van der Waals surface area contributed by atoms with Crippen LogP contribution in [0.3, 0.4) is 0 Å². The highest BCUT2D eigenvalue weighted by molar-refractivity contribution is 5.79. The van der Waals surface area contributed by atoms with Gasteiger partial charge in [-0.05, 0) is 0 Å². The lowest BCUT2D eigenvalue weighted by Crippen LogP contribution is -2.42. The summed E-state index contributed by atoms with van der Waals surface area (Å²) in [5.41, 5.74) is 0. The largest absolute Gasteiger partial charge is 0.394 e. The second-order valence-corrected chi connectivity index (χ2v) is 3.20. The van der Waals surface area contributed by atoms with Gasteiger partial charge >= 0.3 is 0 Å². The lowest BCUT2D eigenvalue weighted by Gasteiger charge is -2.25. The molecule has 1 saturated heterocycles. The van der Waals surface area contributed by atoms with Gasteiger partial charge < -0.3 is 19.8 Å². The number of β-amino-alcohol motifs (C(OH)–C–C–N with tert-alkyl or cyclic N) is 1. The first-order valence-electron chi connectivity index (χ1n) is 4.26. The molecule has 1 heterocycles. The van der Waals surface area contributed by atoms with Crippen LogP contribution in [0, 0.1) is 0 Å². The summed E-state index contributed by atoms with van der Waals surface area (Å²) < 4.78 is 4.86. The minimum Gasteiger partial charge on any atom is -0.394 e. The van der Waals surface area contributed by atoms with Crippen LogP contribution in [-0.4, -0.2) is 60.0 Å². The van der Waals surface area contributed by atoms with E-state index >= 15 is 0 Å². The number of hydrogen-bond acceptors (Lipinski definition) is 4. The number of likely N-dealkylation sites (tertiary alicyclic amines) is 1. The fourth-order valence-corrected chi connectivity index (χ4v) is 1.50. The zero-order valence-corrected chi connectivity index (χ0v) is 7.64. The van der Waals surface area contributed by atoms with Crippen molar-refractivity contribution in [2.75, 3.05) is 26.9 Å². The van der Waals surface area contributed by atoms with Crippen LogP contribution < -0.4 is 0 Å². The predicted octanol–water partition coefficient (Wildman–Crippen LogP) is -1.41. The normalized spacial score (nSPS) is 25.3. The Morgan fingerprint density at radius 3 is 2.85 bits per heavy atom. The van der Waals surface area contributed by atoms with Crippen LogP contribution >= 0.6 is 0 Å². The molecule has 1 rings (SSSR count). The Morgan fingerprint density at radius 1 is 1.77 bits per heavy atom. The van der Waals surface area contributed by atoms with Gasteiger partial charge in [-0.2, -0.15) is 0 Å². The lowest BCUT2D eigenvalue weighted by atomic mass is 10.3. The fraction of sp³-hybridized carbons (Fsp3) is 0.875. The second-order valence-electron chi connectivity index (χ2n) is 3.20. The second kappa shape index (κ2) is 4.55. The molecule has 0 saturated carbocycles. The molecule has 1 aliphatic heterocycles. The van der Waals surface area contributed by atoms with Crippen molar-refractivity contribution in [3.8, 4) is 0 Å². The maximum atomic E-state index is 11.3. The van der Waals surface area contributed by atoms with E-state index in [0.717, 1.165) is 0 Å². The van der Waals surface area contributed by atoms with E-state index in [0.29, 0.717) is 13.2 Å². The molecule has 2 N–H and O–H groups in total. The summed E-state index contributed by atoms with van der Waals surface area (Å²) in [5.74, 6) is -0.122. The molecule has 1 fully saturated rings. The van der Waals surface area contributed by atoms with Crippen molar-refractivity contribution in [1.29, 1.82) is 0 Å². The molecule has 2 atom stereocenters. The smallest absolute Gasteiger partial charge is 0.225 e. The molecule has 0 aromatic rings. The van der Waals surface area contributed by atoms with E-state index in [1.54, 1.807) is 0 Å². The fourth-order valence-electron chi connectivity index (χ4n) is 1.50. The molecule has 2 unspecified atom stereocenters. The number of aliphatic hydroxyl groups excluding tert-OH is 2. The number of ether oxygens (including phenoxy) is 1. The Hall–Kier alpha value is -0.650. The van der Waals surface area contributed by atoms with E-state index in [-0.39, 0.29) is 25.0 Å². The Labute approximate surface area is 76.9 Å². The third-order valence-electron chi connectivity index (χ3n) is 2.15. The number of carbonyl (C=O) groups is 1. The molecular formula is C8H15NO4. The maximum absolute atomic E-state index is 11.3. The number of aliphatic hydroxyl groups is 2. The first-order valence-corrected chi connectivity index (χ1v) is 4.26. The third kappa shape index (κ3) is 2.40. The van der Waals surface area contributed by atoms with Crippen molar-refractivity contribution in [1.82, 2.24) is 4.90 Å². The molecule has 1 aliphatic rings. The number of methoxy groups -OCH3 is 1. The molecule has 5 heteroatoms. The van der Waals surface area contributed by atoms with Gasteiger partial charge in [-0.3, -0.25) is 4.79 Å². The highest BCUT2D eigenvalue weighted by Crippen LogP contribution is 2.14. The Balaban J connectivity index is 2.53. The molecule has 5 nitrogen and oxygen atoms in total. The Morgan fingerprint density at radius 2 is 2.46 bits per heavy atom. The summed E-state index contributed by atoms with van der Waals surface area (Å²) in [5, 5.41) is 18.2. The number of amides is 1. The van der Waals surface area contributed by atoms with E-state index in [1.807, 2.05) is 0 Å². The van der Waals surface area contributed by atoms with Gasteiger partial charge in [-0.15, -0.1) is 0 Å². The van der Waals surface area contributed by atoms with Crippen molar-refractivity contribution >= 4 is 5.91 Å². The van der Waals surface area contributed by atoms with Gasteiger partial charge in [-0.25, -0.2) is 0 Å². The quantitative estimate of drug-likeness (QED) is 0.570. The standard InChI is InChI=1S/C8H15NO4/c1-13-5-6(4-10)9-3-7(11)2-8(9)12/h6-7,10-11H,2-5H2,1H3. The molecule has 0 aromatic carbocycles. The van der Waals surface area contributed by atoms with Crippen molar-refractivity contribution in [3.63, 3.8) is 0 Å². The first-order chi connectivity index (χ1) is 6.19. The van der Waals surface area contributed by atoms with Gasteiger partial charge in [0.15, 0.2) is 0 Å². The Kier molecular flexibility index (Phi) is 3.65. The molecule has 0 spiro atoms. The molecule has 0 radical (unpaired) electrons. The summed E-state index contributed by atoms with van der Waals surface area (Å²) in [6.07, 6.45) is -0.446. The van der Waals surface area contributed by atoms with E-state index in [1.165, 1.54) is 12.0 Å². The molecule has 13 heavy (non-hydrogen) atoms. The van der Waals surface area contributed by atoms with Crippen LogP contribution in [0.1, 0.15) is 6.42 Å². The number of hydrogen-bond donors (Lipinski definition) is 2. The zero-order chi connectivity index (χ0) is 9.84. The summed E-state index contributed by atoms with van der Waals surface area (Å²) in [7, 11) is 1.51. The van der Waals surface area contributed by atoms with Gasteiger partial charge in [-0.1, -0.05) is 0 Å². The SMILES string of the molecule is COCC(CO)N1CC(O)CC1=O. The highest BCUT2D eigenvalue weighted by Gasteiger charge is 2.32. The van der Waals surface area contributed by atoms with Crippen molar-refractivity contribution in [2.45, 2.75) is 18.6 Å². The summed E-state index contributed by atoms with van der Waals surface area (Å²) >= 11 is 0. The average Bonchev–Trinajstić information content (AvgIpc) is 2.41. The first kappa shape index (κ1) is 10.4. The number of carbonyl (C=O) groups excluding carboxylic acids is 1. The summed E-state index contributed by atoms with van der Waals surface area (Å²) in [6, 6.07) is -0.324. The molecule has 0 aromatic heterocycles. The van der Waals surface area contributed by atoms with Gasteiger partial charge in [0.25, 0.3) is 0 Å². The van der Waals surface area contributed by atoms with Gasteiger partial charge in [0, 0.05) is 13.7 Å². The molecule has 0 aliphatic carbocycles. The van der Waals surface area contributed by atoms with Crippen molar-refractivity contribution in [2.24, 2.45) is 0 Å². The molecular weight excluding hydrogens is 174 g/mol. The van der Waals surface area contributed by atoms with Gasteiger partial charge in [0.05, 0.1) is 31.8 Å². The third-order valence-corrected chi connectivity index (χ3v) is 2.15. The maximum Gasteiger partial charge on any atom is 0.225 e. The summed E-state index contributed by atoms with van der Waals surface area (Å²) in [4.78, 5) is 12.7. The van der Waals surface area contributed by atoms with E-state index in [4.69, 9.17) is 9.84 Å². The predicted molar refractivity (Wildman–Crippen MR) is 45.1 cm³/mol. The number of nitrogens with zero attached hydrogens (tertiary/aromatic N) is 1. The summed E-state index contributed by atoms with van der Waals surface area (Å²) in [6.45, 7) is 0.467. The van der Waals surface area contributed by atoms with E-state index in [9.17, 15) is 9.90 Å². The van der Waals surface area contributed by atoms with Crippen molar-refractivity contribution in [3.05, 3.63) is 0 Å². The molecule has 0 bridgehead atoms. The van der Waals surface area contributed by atoms with Crippen LogP contribution in [0.25, 0.3) is 0 Å². The van der Waals surface area contributed by atoms with Crippen LogP contribution in [0.15, 0.2) is 0 Å². The minimum atomic E-state index is -0.599. The number of rotatable bonds is 4. The van der Waals surface area contributed by atoms with E-state index in [2.05, 4.69) is 0 Å². The Bertz CT molecular complexity index is 185. The lowest BCUT2D eigenvalue weighted by molar-refractivity contribution is -0.131. The van der Waals surface area contributed by atoms with E-state index < -0.39 is 6.10 Å². The molecule has 76 valence electrons. The minimum absolute atomic E-state index is 0.122. The van der Waals surface area contributed by atoms with Crippen LogP contribution in [0.5, 0.6) is 0 Å². The monoisotopic (exact) mass is 189 g/mol. The molecule has 1 amide bonds. The highest BCUT2D eigenvalue weighted by atomic mass is 16.5. The van der Waals surface area contributed by atoms with Crippen molar-refractivity contribution < 1.29 is 19.7 Å². The van der Waals surface area contributed by atoms with Crippen LogP contribution in [-0.2, 0) is 9.53 Å². The average molecular weight is 189 g/mol.